The maximum Gasteiger partial charge on any atom is 0.340 e. The van der Waals surface area contributed by atoms with Gasteiger partial charge in [-0.1, -0.05) is 0 Å². The SMILES string of the molecule is CCOP(=O)(CC(=O)Nc1cc2c(Nc3ccc(F)c(Br)c3)ncnc2cn1)OCC. The van der Waals surface area contributed by atoms with Crippen LogP contribution in [0.2, 0.25) is 0 Å². The Morgan fingerprint density at radius 1 is 1.16 bits per heavy atom. The predicted octanol–water partition coefficient (Wildman–Crippen LogP) is 4.87. The zero-order chi connectivity index (χ0) is 22.4. The van der Waals surface area contributed by atoms with E-state index in [4.69, 9.17) is 9.05 Å². The summed E-state index contributed by atoms with van der Waals surface area (Å²) >= 11 is 3.15. The Morgan fingerprint density at radius 2 is 1.90 bits per heavy atom. The lowest BCUT2D eigenvalue weighted by molar-refractivity contribution is -0.114. The van der Waals surface area contributed by atoms with Crippen LogP contribution in [0.4, 0.5) is 21.7 Å². The van der Waals surface area contributed by atoms with E-state index in [1.54, 1.807) is 32.0 Å². The Labute approximate surface area is 186 Å². The summed E-state index contributed by atoms with van der Waals surface area (Å²) in [4.78, 5) is 24.9. The van der Waals surface area contributed by atoms with Crippen LogP contribution in [-0.2, 0) is 18.4 Å². The van der Waals surface area contributed by atoms with Gasteiger partial charge in [0.15, 0.2) is 0 Å². The number of aromatic nitrogens is 3. The van der Waals surface area contributed by atoms with Gasteiger partial charge >= 0.3 is 7.60 Å². The molecule has 0 aliphatic rings. The predicted molar refractivity (Wildman–Crippen MR) is 119 cm³/mol. The van der Waals surface area contributed by atoms with E-state index in [0.29, 0.717) is 26.9 Å². The highest BCUT2D eigenvalue weighted by Gasteiger charge is 2.27. The number of nitrogens with zero attached hydrogens (tertiary/aromatic N) is 3. The fourth-order valence-corrected chi connectivity index (χ4v) is 4.57. The minimum absolute atomic E-state index is 0.157. The summed E-state index contributed by atoms with van der Waals surface area (Å²) in [7, 11) is -3.54. The molecule has 0 atom stereocenters. The number of hydrogen-bond donors (Lipinski definition) is 2. The third-order valence-corrected chi connectivity index (χ3v) is 6.55. The van der Waals surface area contributed by atoms with Crippen LogP contribution in [0.3, 0.4) is 0 Å². The van der Waals surface area contributed by atoms with Gasteiger partial charge in [-0.2, -0.15) is 0 Å². The molecule has 0 unspecified atom stereocenters. The van der Waals surface area contributed by atoms with Gasteiger partial charge in [0.25, 0.3) is 0 Å². The van der Waals surface area contributed by atoms with Crippen molar-refractivity contribution in [3.8, 4) is 0 Å². The zero-order valence-corrected chi connectivity index (χ0v) is 19.2. The maximum atomic E-state index is 13.5. The second kappa shape index (κ2) is 10.2. The van der Waals surface area contributed by atoms with Crippen LogP contribution in [0.1, 0.15) is 13.8 Å². The highest BCUT2D eigenvalue weighted by Crippen LogP contribution is 2.47. The number of fused-ring (bicyclic) bond motifs is 1. The molecule has 0 bridgehead atoms. The minimum Gasteiger partial charge on any atom is -0.340 e. The summed E-state index contributed by atoms with van der Waals surface area (Å²) in [5.41, 5.74) is 1.14. The van der Waals surface area contributed by atoms with Crippen molar-refractivity contribution in [1.29, 1.82) is 0 Å². The summed E-state index contributed by atoms with van der Waals surface area (Å²) in [5.74, 6) is -0.291. The Hall–Kier alpha value is -2.46. The first-order chi connectivity index (χ1) is 14.8. The smallest absolute Gasteiger partial charge is 0.340 e. The van der Waals surface area contributed by atoms with Crippen LogP contribution in [0, 0.1) is 5.82 Å². The lowest BCUT2D eigenvalue weighted by Gasteiger charge is -2.16. The highest BCUT2D eigenvalue weighted by atomic mass is 79.9. The van der Waals surface area contributed by atoms with Gasteiger partial charge in [-0.25, -0.2) is 19.3 Å². The summed E-state index contributed by atoms with van der Waals surface area (Å²) in [6.45, 7) is 3.65. The Kier molecular flexibility index (Phi) is 7.66. The van der Waals surface area contributed by atoms with Crippen molar-refractivity contribution < 1.29 is 22.8 Å². The number of carbonyl (C=O) groups excluding carboxylic acids is 1. The van der Waals surface area contributed by atoms with Crippen molar-refractivity contribution >= 4 is 57.7 Å². The first kappa shape index (κ1) is 23.2. The largest absolute Gasteiger partial charge is 0.340 e. The van der Waals surface area contributed by atoms with Crippen LogP contribution in [0.5, 0.6) is 0 Å². The lowest BCUT2D eigenvalue weighted by atomic mass is 10.2. The summed E-state index contributed by atoms with van der Waals surface area (Å²) in [6.07, 6.45) is 2.40. The molecule has 31 heavy (non-hydrogen) atoms. The number of rotatable bonds is 9. The molecule has 0 aliphatic carbocycles. The summed E-state index contributed by atoms with van der Waals surface area (Å²) in [5, 5.41) is 6.26. The number of nitrogens with one attached hydrogen (secondary N) is 2. The fourth-order valence-electron chi connectivity index (χ4n) is 2.72. The molecule has 0 fully saturated rings. The quantitative estimate of drug-likeness (QED) is 0.390. The molecular formula is C19H20BrFN5O4P. The average Bonchev–Trinajstić information content (AvgIpc) is 2.71. The molecular weight excluding hydrogens is 492 g/mol. The van der Waals surface area contributed by atoms with E-state index in [1.165, 1.54) is 18.6 Å². The number of hydrogen-bond acceptors (Lipinski definition) is 8. The third-order valence-electron chi connectivity index (χ3n) is 3.96. The van der Waals surface area contributed by atoms with Crippen molar-refractivity contribution in [3.63, 3.8) is 0 Å². The molecule has 0 radical (unpaired) electrons. The highest BCUT2D eigenvalue weighted by molar-refractivity contribution is 9.10. The topological polar surface area (TPSA) is 115 Å². The minimum atomic E-state index is -3.54. The van der Waals surface area contributed by atoms with E-state index in [1.807, 2.05) is 0 Å². The summed E-state index contributed by atoms with van der Waals surface area (Å²) in [6, 6.07) is 6.04. The molecule has 2 heterocycles. The van der Waals surface area contributed by atoms with E-state index in [2.05, 4.69) is 41.5 Å². The van der Waals surface area contributed by atoms with E-state index in [0.717, 1.165) is 0 Å². The van der Waals surface area contributed by atoms with Crippen LogP contribution in [0.15, 0.2) is 41.3 Å². The van der Waals surface area contributed by atoms with Crippen molar-refractivity contribution in [2.75, 3.05) is 30.0 Å². The van der Waals surface area contributed by atoms with Crippen LogP contribution in [-0.4, -0.2) is 40.2 Å². The molecule has 0 aliphatic heterocycles. The van der Waals surface area contributed by atoms with Crippen LogP contribution < -0.4 is 10.6 Å². The molecule has 0 spiro atoms. The van der Waals surface area contributed by atoms with Crippen molar-refractivity contribution in [1.82, 2.24) is 15.0 Å². The number of carbonyl (C=O) groups is 1. The zero-order valence-electron chi connectivity index (χ0n) is 16.8. The molecule has 1 aromatic carbocycles. The second-order valence-corrected chi connectivity index (χ2v) is 9.12. The number of anilines is 3. The molecule has 12 heteroatoms. The Balaban J connectivity index is 1.83. The monoisotopic (exact) mass is 511 g/mol. The third kappa shape index (κ3) is 6.04. The van der Waals surface area contributed by atoms with Crippen molar-refractivity contribution in [3.05, 3.63) is 47.1 Å². The molecule has 3 rings (SSSR count). The van der Waals surface area contributed by atoms with Gasteiger partial charge in [0.05, 0.1) is 29.4 Å². The van der Waals surface area contributed by atoms with Gasteiger partial charge in [-0.05, 0) is 54.0 Å². The van der Waals surface area contributed by atoms with Gasteiger partial charge in [0.2, 0.25) is 5.91 Å². The molecule has 0 saturated heterocycles. The second-order valence-electron chi connectivity index (χ2n) is 6.22. The van der Waals surface area contributed by atoms with E-state index >= 15 is 0 Å². The van der Waals surface area contributed by atoms with E-state index in [-0.39, 0.29) is 24.8 Å². The number of benzene rings is 1. The molecule has 164 valence electrons. The molecule has 9 nitrogen and oxygen atoms in total. The van der Waals surface area contributed by atoms with Gasteiger partial charge in [-0.15, -0.1) is 0 Å². The van der Waals surface area contributed by atoms with E-state index < -0.39 is 19.7 Å². The van der Waals surface area contributed by atoms with E-state index in [9.17, 15) is 13.8 Å². The normalized spacial score (nSPS) is 11.5. The molecule has 1 amide bonds. The number of halogens is 2. The van der Waals surface area contributed by atoms with Gasteiger partial charge in [0.1, 0.15) is 29.9 Å². The first-order valence-electron chi connectivity index (χ1n) is 9.34. The first-order valence-corrected chi connectivity index (χ1v) is 11.9. The average molecular weight is 512 g/mol. The Bertz CT molecular complexity index is 1140. The molecule has 2 N–H and O–H groups in total. The van der Waals surface area contributed by atoms with Gasteiger partial charge in [0, 0.05) is 11.1 Å². The van der Waals surface area contributed by atoms with Crippen molar-refractivity contribution in [2.24, 2.45) is 0 Å². The number of amides is 1. The van der Waals surface area contributed by atoms with Crippen LogP contribution in [0.25, 0.3) is 10.9 Å². The Morgan fingerprint density at radius 3 is 2.58 bits per heavy atom. The molecule has 2 aromatic heterocycles. The fraction of sp³-hybridized carbons (Fsp3) is 0.263. The summed E-state index contributed by atoms with van der Waals surface area (Å²) < 4.78 is 36.6. The molecule has 0 saturated carbocycles. The standard InChI is InChI=1S/C19H20BrFN5O4P/c1-3-29-31(28,30-4-2)10-18(27)26-17-8-13-16(9-22-17)23-11-24-19(13)25-12-5-6-15(21)14(20)7-12/h5-9,11H,3-4,10H2,1-2H3,(H,22,26,27)(H,23,24,25). The number of pyridine rings is 1. The lowest BCUT2D eigenvalue weighted by Crippen LogP contribution is -2.19. The van der Waals surface area contributed by atoms with Crippen LogP contribution >= 0.6 is 23.5 Å². The van der Waals surface area contributed by atoms with Gasteiger partial charge in [-0.3, -0.25) is 9.36 Å². The maximum absolute atomic E-state index is 13.5. The van der Waals surface area contributed by atoms with Gasteiger partial charge < -0.3 is 19.7 Å². The molecule has 3 aromatic rings. The van der Waals surface area contributed by atoms with Crippen molar-refractivity contribution in [2.45, 2.75) is 13.8 Å².